The summed E-state index contributed by atoms with van der Waals surface area (Å²) in [5.41, 5.74) is -0.344. The van der Waals surface area contributed by atoms with Crippen molar-refractivity contribution < 1.29 is 26.7 Å². The lowest BCUT2D eigenvalue weighted by molar-refractivity contribution is 0.0762. The Balaban J connectivity index is 2.25. The van der Waals surface area contributed by atoms with Crippen LogP contribution < -0.4 is 4.74 Å². The van der Waals surface area contributed by atoms with Gasteiger partial charge in [0.15, 0.2) is 5.75 Å². The maximum Gasteiger partial charge on any atom is 0.206 e. The summed E-state index contributed by atoms with van der Waals surface area (Å²) in [6, 6.07) is 0. The quantitative estimate of drug-likeness (QED) is 0.384. The lowest BCUT2D eigenvalue weighted by atomic mass is 9.71. The van der Waals surface area contributed by atoms with E-state index in [-0.39, 0.29) is 12.0 Å². The molecule has 0 atom stereocenters. The van der Waals surface area contributed by atoms with Crippen LogP contribution in [0.3, 0.4) is 0 Å². The van der Waals surface area contributed by atoms with Gasteiger partial charge in [0.2, 0.25) is 29.1 Å². The normalized spacial score (nSPS) is 17.2. The van der Waals surface area contributed by atoms with E-state index in [4.69, 9.17) is 4.74 Å². The fraction of sp³-hybridized carbons (Fsp3) is 0.500. The van der Waals surface area contributed by atoms with Crippen molar-refractivity contribution in [3.8, 4) is 5.75 Å². The van der Waals surface area contributed by atoms with Crippen molar-refractivity contribution in [1.82, 2.24) is 0 Å². The highest BCUT2D eigenvalue weighted by Crippen LogP contribution is 2.42. The van der Waals surface area contributed by atoms with Crippen molar-refractivity contribution in [2.45, 2.75) is 19.3 Å². The summed E-state index contributed by atoms with van der Waals surface area (Å²) in [7, 11) is 0. The van der Waals surface area contributed by atoms with E-state index in [0.717, 1.165) is 19.3 Å². The molecule has 0 heterocycles. The zero-order valence-corrected chi connectivity index (χ0v) is 10.7. The Morgan fingerprint density at radius 2 is 1.37 bits per heavy atom. The second-order valence-electron chi connectivity index (χ2n) is 4.70. The second kappa shape index (κ2) is 5.19. The average Bonchev–Trinajstić information content (AvgIpc) is 2.36. The van der Waals surface area contributed by atoms with Crippen molar-refractivity contribution in [3.63, 3.8) is 0 Å². The van der Waals surface area contributed by atoms with E-state index >= 15 is 0 Å². The number of hydrogen-bond acceptors (Lipinski definition) is 2. The molecule has 1 aromatic carbocycles. The number of benzene rings is 1. The first kappa shape index (κ1) is 14.4. The second-order valence-corrected chi connectivity index (χ2v) is 5.02. The van der Waals surface area contributed by atoms with Gasteiger partial charge < -0.3 is 4.74 Å². The van der Waals surface area contributed by atoms with Crippen LogP contribution in [0.5, 0.6) is 5.75 Å². The minimum Gasteiger partial charge on any atom is -0.487 e. The van der Waals surface area contributed by atoms with Gasteiger partial charge >= 0.3 is 0 Å². The first-order valence-corrected chi connectivity index (χ1v) is 6.30. The Hall–Kier alpha value is -0.980. The van der Waals surface area contributed by atoms with Crippen LogP contribution >= 0.6 is 12.6 Å². The Morgan fingerprint density at radius 3 is 1.74 bits per heavy atom. The molecule has 0 aliphatic heterocycles. The molecule has 2 rings (SSSR count). The van der Waals surface area contributed by atoms with Crippen LogP contribution in [0.15, 0.2) is 0 Å². The van der Waals surface area contributed by atoms with E-state index < -0.39 is 34.8 Å². The van der Waals surface area contributed by atoms with Crippen molar-refractivity contribution in [2.24, 2.45) is 5.41 Å². The third-order valence-electron chi connectivity index (χ3n) is 3.44. The summed E-state index contributed by atoms with van der Waals surface area (Å²) in [5, 5.41) is 0. The minimum absolute atomic E-state index is 0.116. The fourth-order valence-corrected chi connectivity index (χ4v) is 2.37. The van der Waals surface area contributed by atoms with Crippen LogP contribution in [0.25, 0.3) is 0 Å². The molecule has 0 N–H and O–H groups in total. The van der Waals surface area contributed by atoms with Gasteiger partial charge in [-0.25, -0.2) is 13.2 Å². The maximum absolute atomic E-state index is 13.3. The zero-order valence-electron chi connectivity index (χ0n) is 9.78. The van der Waals surface area contributed by atoms with Gasteiger partial charge in [-0.2, -0.15) is 21.4 Å². The Labute approximate surface area is 112 Å². The molecule has 0 saturated heterocycles. The monoisotopic (exact) mass is 298 g/mol. The topological polar surface area (TPSA) is 9.23 Å². The third-order valence-corrected chi connectivity index (χ3v) is 4.11. The van der Waals surface area contributed by atoms with Gasteiger partial charge in [0.1, 0.15) is 0 Å². The summed E-state index contributed by atoms with van der Waals surface area (Å²) < 4.78 is 70.2. The van der Waals surface area contributed by atoms with E-state index in [1.165, 1.54) is 0 Å². The van der Waals surface area contributed by atoms with Crippen molar-refractivity contribution in [3.05, 3.63) is 29.1 Å². The van der Waals surface area contributed by atoms with Gasteiger partial charge in [0.25, 0.3) is 0 Å². The Bertz CT molecular complexity index is 467. The standard InChI is InChI=1S/C12H11F5OS/c13-6-7(14)9(16)11(10(17)8(6)15)18-4-12(5-19)2-1-3-12/h19H,1-5H2. The van der Waals surface area contributed by atoms with Crippen LogP contribution in [0, 0.1) is 34.5 Å². The molecule has 0 amide bonds. The molecule has 0 bridgehead atoms. The summed E-state index contributed by atoms with van der Waals surface area (Å²) in [6.07, 6.45) is 2.44. The predicted octanol–water partition coefficient (Wildman–Crippen LogP) is 3.86. The van der Waals surface area contributed by atoms with Gasteiger partial charge in [-0.05, 0) is 18.6 Å². The molecule has 0 radical (unpaired) electrons. The summed E-state index contributed by atoms with van der Waals surface area (Å²) in [6.45, 7) is -0.116. The van der Waals surface area contributed by atoms with Crippen molar-refractivity contribution in [2.75, 3.05) is 12.4 Å². The van der Waals surface area contributed by atoms with Gasteiger partial charge in [0.05, 0.1) is 6.61 Å². The summed E-state index contributed by atoms with van der Waals surface area (Å²) in [4.78, 5) is 0. The first-order valence-electron chi connectivity index (χ1n) is 5.67. The van der Waals surface area contributed by atoms with Gasteiger partial charge in [-0.3, -0.25) is 0 Å². The van der Waals surface area contributed by atoms with Crippen LogP contribution in [0.2, 0.25) is 0 Å². The Morgan fingerprint density at radius 1 is 0.895 bits per heavy atom. The zero-order chi connectivity index (χ0) is 14.2. The van der Waals surface area contributed by atoms with Crippen LogP contribution in [0.1, 0.15) is 19.3 Å². The van der Waals surface area contributed by atoms with Crippen LogP contribution in [-0.2, 0) is 0 Å². The lowest BCUT2D eigenvalue weighted by Crippen LogP contribution is -2.37. The van der Waals surface area contributed by atoms with E-state index in [9.17, 15) is 22.0 Å². The number of ether oxygens (including phenoxy) is 1. The van der Waals surface area contributed by atoms with E-state index in [1.807, 2.05) is 0 Å². The van der Waals surface area contributed by atoms with Crippen molar-refractivity contribution >= 4 is 12.6 Å². The van der Waals surface area contributed by atoms with E-state index in [0.29, 0.717) is 5.75 Å². The molecular weight excluding hydrogens is 287 g/mol. The maximum atomic E-state index is 13.3. The minimum atomic E-state index is -2.19. The average molecular weight is 298 g/mol. The molecule has 106 valence electrons. The first-order chi connectivity index (χ1) is 8.92. The summed E-state index contributed by atoms with van der Waals surface area (Å²) >= 11 is 4.11. The smallest absolute Gasteiger partial charge is 0.206 e. The fourth-order valence-electron chi connectivity index (χ4n) is 1.96. The van der Waals surface area contributed by atoms with E-state index in [1.54, 1.807) is 0 Å². The number of hydrogen-bond donors (Lipinski definition) is 1. The van der Waals surface area contributed by atoms with Crippen LogP contribution in [-0.4, -0.2) is 12.4 Å². The number of halogens is 5. The highest BCUT2D eigenvalue weighted by Gasteiger charge is 2.37. The highest BCUT2D eigenvalue weighted by molar-refractivity contribution is 7.80. The highest BCUT2D eigenvalue weighted by atomic mass is 32.1. The SMILES string of the molecule is Fc1c(F)c(F)c(OCC2(CS)CCC2)c(F)c1F. The Kier molecular flexibility index (Phi) is 3.94. The molecule has 19 heavy (non-hydrogen) atoms. The summed E-state index contributed by atoms with van der Waals surface area (Å²) in [5.74, 6) is -10.8. The third kappa shape index (κ3) is 2.40. The number of thiol groups is 1. The number of rotatable bonds is 4. The lowest BCUT2D eigenvalue weighted by Gasteiger charge is -2.40. The molecule has 1 aliphatic carbocycles. The molecule has 1 aliphatic rings. The molecule has 1 nitrogen and oxygen atoms in total. The molecule has 1 aromatic rings. The molecular formula is C12H11F5OS. The molecule has 7 heteroatoms. The van der Waals surface area contributed by atoms with Gasteiger partial charge in [0, 0.05) is 5.41 Å². The molecule has 1 fully saturated rings. The van der Waals surface area contributed by atoms with E-state index in [2.05, 4.69) is 12.6 Å². The molecule has 1 saturated carbocycles. The van der Waals surface area contributed by atoms with Gasteiger partial charge in [-0.1, -0.05) is 6.42 Å². The molecule has 0 aromatic heterocycles. The molecule has 0 unspecified atom stereocenters. The van der Waals surface area contributed by atoms with Crippen molar-refractivity contribution in [1.29, 1.82) is 0 Å². The molecule has 0 spiro atoms. The van der Waals surface area contributed by atoms with Crippen LogP contribution in [0.4, 0.5) is 22.0 Å². The largest absolute Gasteiger partial charge is 0.487 e. The van der Waals surface area contributed by atoms with Gasteiger partial charge in [-0.15, -0.1) is 0 Å². The predicted molar refractivity (Wildman–Crippen MR) is 61.9 cm³/mol.